The van der Waals surface area contributed by atoms with Crippen LogP contribution in [0.15, 0.2) is 109 Å². The summed E-state index contributed by atoms with van der Waals surface area (Å²) in [5.41, 5.74) is 0. The lowest BCUT2D eigenvalue weighted by Gasteiger charge is -2.18. The Morgan fingerprint density at radius 2 is 0.534 bits per heavy atom. The Kier molecular flexibility index (Phi) is 57.4. The van der Waals surface area contributed by atoms with Crippen LogP contribution in [0.25, 0.3) is 0 Å². The highest BCUT2D eigenvalue weighted by atomic mass is 16.6. The van der Waals surface area contributed by atoms with E-state index in [1.807, 2.05) is 0 Å². The van der Waals surface area contributed by atoms with Crippen LogP contribution < -0.4 is 0 Å². The summed E-state index contributed by atoms with van der Waals surface area (Å²) in [6, 6.07) is 0. The highest BCUT2D eigenvalue weighted by Crippen LogP contribution is 2.15. The zero-order valence-electron chi connectivity index (χ0n) is 47.6. The second-order valence-electron chi connectivity index (χ2n) is 19.9. The van der Waals surface area contributed by atoms with Crippen LogP contribution >= 0.6 is 0 Å². The molecule has 0 saturated carbocycles. The fraction of sp³-hybridized carbons (Fsp3) is 0.687. The molecule has 0 aromatic carbocycles. The molecule has 0 rings (SSSR count). The van der Waals surface area contributed by atoms with Crippen molar-refractivity contribution in [2.45, 2.75) is 284 Å². The smallest absolute Gasteiger partial charge is 0.306 e. The first-order valence-electron chi connectivity index (χ1n) is 30.4. The molecular weight excluding hydrogens is 901 g/mol. The molecule has 73 heavy (non-hydrogen) atoms. The minimum atomic E-state index is -0.781. The molecule has 416 valence electrons. The molecular formula is C67H112O6. The second-order valence-corrected chi connectivity index (χ2v) is 19.9. The Balaban J connectivity index is 3.99. The van der Waals surface area contributed by atoms with Crippen LogP contribution in [0.2, 0.25) is 0 Å². The van der Waals surface area contributed by atoms with Gasteiger partial charge in [0.15, 0.2) is 6.10 Å². The highest BCUT2D eigenvalue weighted by Gasteiger charge is 2.19. The van der Waals surface area contributed by atoms with Gasteiger partial charge in [-0.3, -0.25) is 14.4 Å². The summed E-state index contributed by atoms with van der Waals surface area (Å²) in [5.74, 6) is -0.910. The van der Waals surface area contributed by atoms with Crippen molar-refractivity contribution >= 4 is 17.9 Å². The Labute approximate surface area is 450 Å². The van der Waals surface area contributed by atoms with Gasteiger partial charge in [0, 0.05) is 19.3 Å². The summed E-state index contributed by atoms with van der Waals surface area (Å²) < 4.78 is 16.7. The Morgan fingerprint density at radius 3 is 0.863 bits per heavy atom. The van der Waals surface area contributed by atoms with E-state index in [1.54, 1.807) is 0 Å². The van der Waals surface area contributed by atoms with Crippen LogP contribution in [-0.2, 0) is 28.6 Å². The molecule has 1 atom stereocenters. The topological polar surface area (TPSA) is 78.9 Å². The molecule has 0 bridgehead atoms. The molecule has 6 heteroatoms. The number of hydrogen-bond acceptors (Lipinski definition) is 6. The maximum absolute atomic E-state index is 12.8. The maximum Gasteiger partial charge on any atom is 0.306 e. The van der Waals surface area contributed by atoms with Gasteiger partial charge in [-0.25, -0.2) is 0 Å². The zero-order valence-corrected chi connectivity index (χ0v) is 47.6. The van der Waals surface area contributed by atoms with E-state index in [9.17, 15) is 14.4 Å². The van der Waals surface area contributed by atoms with Crippen LogP contribution in [0.5, 0.6) is 0 Å². The number of carbonyl (C=O) groups is 3. The third-order valence-corrected chi connectivity index (χ3v) is 12.8. The van der Waals surface area contributed by atoms with Gasteiger partial charge >= 0.3 is 17.9 Å². The number of ether oxygens (including phenoxy) is 3. The van der Waals surface area contributed by atoms with Crippen LogP contribution in [0.1, 0.15) is 278 Å². The predicted molar refractivity (Wildman–Crippen MR) is 316 cm³/mol. The molecule has 0 saturated heterocycles. The van der Waals surface area contributed by atoms with Crippen LogP contribution in [-0.4, -0.2) is 37.2 Å². The molecule has 0 radical (unpaired) electrons. The van der Waals surface area contributed by atoms with E-state index >= 15 is 0 Å². The molecule has 1 unspecified atom stereocenters. The van der Waals surface area contributed by atoms with E-state index in [1.165, 1.54) is 103 Å². The van der Waals surface area contributed by atoms with Gasteiger partial charge in [-0.2, -0.15) is 0 Å². The largest absolute Gasteiger partial charge is 0.462 e. The number of hydrogen-bond donors (Lipinski definition) is 0. The average molecular weight is 1010 g/mol. The van der Waals surface area contributed by atoms with E-state index in [0.717, 1.165) is 135 Å². The van der Waals surface area contributed by atoms with Crippen molar-refractivity contribution in [2.75, 3.05) is 13.2 Å². The van der Waals surface area contributed by atoms with Gasteiger partial charge in [0.2, 0.25) is 0 Å². The van der Waals surface area contributed by atoms with Crippen molar-refractivity contribution in [3.8, 4) is 0 Å². The molecule has 0 aromatic rings. The van der Waals surface area contributed by atoms with Crippen molar-refractivity contribution in [1.29, 1.82) is 0 Å². The molecule has 0 aromatic heterocycles. The molecule has 0 N–H and O–H groups in total. The Bertz CT molecular complexity index is 1490. The van der Waals surface area contributed by atoms with Crippen molar-refractivity contribution in [3.63, 3.8) is 0 Å². The first-order chi connectivity index (χ1) is 36.0. The molecule has 0 amide bonds. The number of unbranched alkanes of at least 4 members (excludes halogenated alkanes) is 25. The zero-order chi connectivity index (χ0) is 52.9. The van der Waals surface area contributed by atoms with E-state index < -0.39 is 6.10 Å². The summed E-state index contributed by atoms with van der Waals surface area (Å²) >= 11 is 0. The molecule has 6 nitrogen and oxygen atoms in total. The SMILES string of the molecule is CC/C=C\C/C=C\C/C=C\C/C=C\C/C=C\C/C=C\C/C=C\CCCCCCCCCCCCCCCC(=O)OCC(COC(=O)CCCCCCC)OC(=O)CCCCCCC/C=C\C/C=C\CCCCC. The van der Waals surface area contributed by atoms with Gasteiger partial charge in [-0.15, -0.1) is 0 Å². The van der Waals surface area contributed by atoms with Gasteiger partial charge < -0.3 is 14.2 Å². The van der Waals surface area contributed by atoms with Crippen molar-refractivity contribution < 1.29 is 28.6 Å². The summed E-state index contributed by atoms with van der Waals surface area (Å²) in [6.45, 7) is 6.40. The average Bonchev–Trinajstić information content (AvgIpc) is 3.39. The number of allylic oxidation sites excluding steroid dienone is 18. The molecule has 0 aliphatic heterocycles. The van der Waals surface area contributed by atoms with Crippen LogP contribution in [0, 0.1) is 0 Å². The molecule has 0 fully saturated rings. The normalized spacial score (nSPS) is 12.9. The van der Waals surface area contributed by atoms with Crippen molar-refractivity contribution in [3.05, 3.63) is 109 Å². The van der Waals surface area contributed by atoms with Crippen molar-refractivity contribution in [2.24, 2.45) is 0 Å². The lowest BCUT2D eigenvalue weighted by Crippen LogP contribution is -2.30. The fourth-order valence-electron chi connectivity index (χ4n) is 8.22. The lowest BCUT2D eigenvalue weighted by atomic mass is 10.0. The van der Waals surface area contributed by atoms with Gasteiger partial charge in [-0.1, -0.05) is 259 Å². The molecule has 0 spiro atoms. The number of carbonyl (C=O) groups excluding carboxylic acids is 3. The Hall–Kier alpha value is -3.93. The summed E-state index contributed by atoms with van der Waals surface area (Å²) in [7, 11) is 0. The summed E-state index contributed by atoms with van der Waals surface area (Å²) in [4.78, 5) is 37.8. The summed E-state index contributed by atoms with van der Waals surface area (Å²) in [6.07, 6.45) is 82.9. The lowest BCUT2D eigenvalue weighted by molar-refractivity contribution is -0.167. The first-order valence-corrected chi connectivity index (χ1v) is 30.4. The minimum Gasteiger partial charge on any atom is -0.462 e. The van der Waals surface area contributed by atoms with E-state index in [2.05, 4.69) is 130 Å². The Morgan fingerprint density at radius 1 is 0.288 bits per heavy atom. The second kappa shape index (κ2) is 60.6. The fourth-order valence-corrected chi connectivity index (χ4v) is 8.22. The third-order valence-electron chi connectivity index (χ3n) is 12.8. The van der Waals surface area contributed by atoms with E-state index in [-0.39, 0.29) is 31.1 Å². The van der Waals surface area contributed by atoms with Gasteiger partial charge in [0.05, 0.1) is 0 Å². The quantitative estimate of drug-likeness (QED) is 0.0261. The van der Waals surface area contributed by atoms with E-state index in [4.69, 9.17) is 14.2 Å². The summed E-state index contributed by atoms with van der Waals surface area (Å²) in [5, 5.41) is 0. The molecule has 0 aliphatic carbocycles. The van der Waals surface area contributed by atoms with Gasteiger partial charge in [0.1, 0.15) is 13.2 Å². The van der Waals surface area contributed by atoms with Crippen LogP contribution in [0.3, 0.4) is 0 Å². The van der Waals surface area contributed by atoms with E-state index in [0.29, 0.717) is 19.3 Å². The first kappa shape index (κ1) is 69.1. The molecule has 0 heterocycles. The minimum absolute atomic E-state index is 0.0832. The van der Waals surface area contributed by atoms with Gasteiger partial charge in [0.25, 0.3) is 0 Å². The maximum atomic E-state index is 12.8. The highest BCUT2D eigenvalue weighted by molar-refractivity contribution is 5.71. The number of rotatable bonds is 54. The monoisotopic (exact) mass is 1010 g/mol. The third kappa shape index (κ3) is 58.8. The van der Waals surface area contributed by atoms with Crippen molar-refractivity contribution in [1.82, 2.24) is 0 Å². The number of esters is 3. The predicted octanol–water partition coefficient (Wildman–Crippen LogP) is 20.7. The molecule has 0 aliphatic rings. The van der Waals surface area contributed by atoms with Crippen LogP contribution in [0.4, 0.5) is 0 Å². The standard InChI is InChI=1S/C67H112O6/c1-4-7-10-13-15-17-19-21-23-24-25-26-27-28-29-30-31-32-33-34-35-36-37-38-39-40-41-42-44-45-47-49-51-54-57-60-66(69)72-63-64(62-71-65(68)59-56-53-12-9-6-3)73-67(70)61-58-55-52-50-48-46-43-22-20-18-16-14-11-8-5-2/h7,10,15-18,21-23,25-26,28-29,31-32,34-35,43,64H,4-6,8-9,11-14,19-20,24,27,30,33,36-42,44-63H2,1-3H3/b10-7-,17-15-,18-16-,23-21-,26-25-,29-28-,32-31-,35-34-,43-22-. The van der Waals surface area contributed by atoms with Gasteiger partial charge in [-0.05, 0) is 109 Å².